The van der Waals surface area contributed by atoms with Crippen molar-refractivity contribution in [3.63, 3.8) is 0 Å². The second-order valence-electron chi connectivity index (χ2n) is 4.25. The van der Waals surface area contributed by atoms with Crippen LogP contribution in [0.15, 0.2) is 18.2 Å². The van der Waals surface area contributed by atoms with Gasteiger partial charge in [0.25, 0.3) is 0 Å². The quantitative estimate of drug-likeness (QED) is 0.777. The molecule has 3 heteroatoms. The van der Waals surface area contributed by atoms with Gasteiger partial charge >= 0.3 is 0 Å². The van der Waals surface area contributed by atoms with Crippen LogP contribution in [0, 0.1) is 5.92 Å². The summed E-state index contributed by atoms with van der Waals surface area (Å²) in [5, 5.41) is 3.29. The summed E-state index contributed by atoms with van der Waals surface area (Å²) in [5.74, 6) is 1.33. The smallest absolute Gasteiger partial charge is 0.159 e. The summed E-state index contributed by atoms with van der Waals surface area (Å²) >= 11 is 0. The number of ether oxygens (including phenoxy) is 1. The molecular weight excluding hydrogens is 202 g/mol. The summed E-state index contributed by atoms with van der Waals surface area (Å²) in [6.07, 6.45) is 0. The van der Waals surface area contributed by atoms with E-state index in [-0.39, 0.29) is 5.78 Å². The van der Waals surface area contributed by atoms with E-state index in [4.69, 9.17) is 4.74 Å². The van der Waals surface area contributed by atoms with Gasteiger partial charge in [0.1, 0.15) is 5.75 Å². The van der Waals surface area contributed by atoms with Crippen LogP contribution in [0.3, 0.4) is 0 Å². The lowest BCUT2D eigenvalue weighted by atomic mass is 10.1. The number of hydrogen-bond donors (Lipinski definition) is 1. The predicted octanol–water partition coefficient (Wildman–Crippen LogP) is 2.97. The Hall–Kier alpha value is -1.51. The van der Waals surface area contributed by atoms with Gasteiger partial charge < -0.3 is 10.1 Å². The number of carbonyl (C=O) groups excluding carboxylic acids is 1. The molecule has 0 aliphatic carbocycles. The Labute approximate surface area is 96.8 Å². The summed E-state index contributed by atoms with van der Waals surface area (Å²) in [6, 6.07) is 5.47. The molecule has 1 aromatic rings. The van der Waals surface area contributed by atoms with E-state index in [1.165, 1.54) is 0 Å². The maximum absolute atomic E-state index is 11.2. The minimum absolute atomic E-state index is 0.0497. The van der Waals surface area contributed by atoms with Crippen LogP contribution in [0.1, 0.15) is 31.1 Å². The zero-order valence-electron chi connectivity index (χ0n) is 10.3. The zero-order valence-corrected chi connectivity index (χ0v) is 10.3. The number of methoxy groups -OCH3 is 1. The first-order valence-corrected chi connectivity index (χ1v) is 5.47. The molecular formula is C13H19NO2. The third kappa shape index (κ3) is 3.26. The maximum Gasteiger partial charge on any atom is 0.159 e. The van der Waals surface area contributed by atoms with Crippen molar-refractivity contribution in [1.29, 1.82) is 0 Å². The molecule has 0 unspecified atom stereocenters. The first-order chi connectivity index (χ1) is 7.54. The monoisotopic (exact) mass is 221 g/mol. The van der Waals surface area contributed by atoms with E-state index in [2.05, 4.69) is 19.2 Å². The number of ketones is 1. The predicted molar refractivity (Wildman–Crippen MR) is 66.3 cm³/mol. The number of hydrogen-bond acceptors (Lipinski definition) is 3. The molecule has 88 valence electrons. The zero-order chi connectivity index (χ0) is 12.1. The molecule has 1 rings (SSSR count). The molecule has 0 aliphatic rings. The average Bonchev–Trinajstić information content (AvgIpc) is 2.25. The molecule has 0 aliphatic heterocycles. The van der Waals surface area contributed by atoms with Crippen LogP contribution in [-0.4, -0.2) is 19.4 Å². The molecule has 0 aromatic heterocycles. The molecule has 0 spiro atoms. The van der Waals surface area contributed by atoms with E-state index in [0.717, 1.165) is 12.2 Å². The molecule has 1 aromatic carbocycles. The van der Waals surface area contributed by atoms with Crippen molar-refractivity contribution in [3.8, 4) is 5.75 Å². The lowest BCUT2D eigenvalue weighted by Gasteiger charge is -2.13. The minimum Gasteiger partial charge on any atom is -0.495 e. The van der Waals surface area contributed by atoms with Crippen molar-refractivity contribution in [3.05, 3.63) is 23.8 Å². The number of anilines is 1. The van der Waals surface area contributed by atoms with Crippen molar-refractivity contribution in [2.24, 2.45) is 5.92 Å². The molecule has 0 radical (unpaired) electrons. The highest BCUT2D eigenvalue weighted by atomic mass is 16.5. The molecule has 0 saturated heterocycles. The number of carbonyl (C=O) groups is 1. The van der Waals surface area contributed by atoms with Gasteiger partial charge in [0, 0.05) is 12.1 Å². The van der Waals surface area contributed by atoms with Gasteiger partial charge in [-0.2, -0.15) is 0 Å². The van der Waals surface area contributed by atoms with Gasteiger partial charge in [0.15, 0.2) is 5.78 Å². The van der Waals surface area contributed by atoms with Crippen molar-refractivity contribution < 1.29 is 9.53 Å². The topological polar surface area (TPSA) is 38.3 Å². The molecule has 0 amide bonds. The summed E-state index contributed by atoms with van der Waals surface area (Å²) < 4.78 is 5.25. The third-order valence-electron chi connectivity index (χ3n) is 2.31. The van der Waals surface area contributed by atoms with Crippen molar-refractivity contribution >= 4 is 11.5 Å². The fraction of sp³-hybridized carbons (Fsp3) is 0.462. The highest BCUT2D eigenvalue weighted by Crippen LogP contribution is 2.25. The molecule has 0 bridgehead atoms. The Bertz CT molecular complexity index is 372. The molecule has 0 heterocycles. The van der Waals surface area contributed by atoms with E-state index in [9.17, 15) is 4.79 Å². The highest BCUT2D eigenvalue weighted by molar-refractivity contribution is 5.95. The highest BCUT2D eigenvalue weighted by Gasteiger charge is 2.07. The molecule has 0 atom stereocenters. The summed E-state index contributed by atoms with van der Waals surface area (Å²) in [7, 11) is 1.61. The number of rotatable bonds is 5. The Balaban J connectivity index is 2.89. The Kier molecular flexibility index (Phi) is 4.35. The van der Waals surface area contributed by atoms with Crippen LogP contribution >= 0.6 is 0 Å². The molecule has 0 fully saturated rings. The number of Topliss-reactive ketones (excluding diaryl/α,β-unsaturated/α-hetero) is 1. The van der Waals surface area contributed by atoms with Crippen molar-refractivity contribution in [1.82, 2.24) is 0 Å². The standard InChI is InChI=1S/C13H19NO2/c1-9(2)8-14-12-6-5-11(10(3)15)7-13(12)16-4/h5-7,9,14H,8H2,1-4H3. The molecule has 16 heavy (non-hydrogen) atoms. The number of benzene rings is 1. The molecule has 1 N–H and O–H groups in total. The van der Waals surface area contributed by atoms with Gasteiger partial charge in [-0.05, 0) is 31.0 Å². The average molecular weight is 221 g/mol. The lowest BCUT2D eigenvalue weighted by molar-refractivity contribution is 0.101. The van der Waals surface area contributed by atoms with Gasteiger partial charge in [-0.3, -0.25) is 4.79 Å². The van der Waals surface area contributed by atoms with Gasteiger partial charge in [0.05, 0.1) is 12.8 Å². The molecule has 0 saturated carbocycles. The van der Waals surface area contributed by atoms with Gasteiger partial charge in [-0.1, -0.05) is 13.8 Å². The second kappa shape index (κ2) is 5.54. The van der Waals surface area contributed by atoms with Gasteiger partial charge in [-0.15, -0.1) is 0 Å². The van der Waals surface area contributed by atoms with Crippen LogP contribution in [0.4, 0.5) is 5.69 Å². The lowest BCUT2D eigenvalue weighted by Crippen LogP contribution is -2.09. The van der Waals surface area contributed by atoms with Crippen LogP contribution in [0.25, 0.3) is 0 Å². The second-order valence-corrected chi connectivity index (χ2v) is 4.25. The Morgan fingerprint density at radius 1 is 1.44 bits per heavy atom. The first kappa shape index (κ1) is 12.6. The van der Waals surface area contributed by atoms with Crippen LogP contribution in [-0.2, 0) is 0 Å². The van der Waals surface area contributed by atoms with E-state index < -0.39 is 0 Å². The van der Waals surface area contributed by atoms with Crippen LogP contribution < -0.4 is 10.1 Å². The normalized spacial score (nSPS) is 10.3. The fourth-order valence-electron chi connectivity index (χ4n) is 1.37. The van der Waals surface area contributed by atoms with Crippen molar-refractivity contribution in [2.45, 2.75) is 20.8 Å². The SMILES string of the molecule is COc1cc(C(C)=O)ccc1NCC(C)C. The third-order valence-corrected chi connectivity index (χ3v) is 2.31. The van der Waals surface area contributed by atoms with E-state index in [1.807, 2.05) is 12.1 Å². The fourth-order valence-corrected chi connectivity index (χ4v) is 1.37. The Morgan fingerprint density at radius 2 is 2.12 bits per heavy atom. The first-order valence-electron chi connectivity index (χ1n) is 5.47. The summed E-state index contributed by atoms with van der Waals surface area (Å²) in [6.45, 7) is 6.72. The molecule has 3 nitrogen and oxygen atoms in total. The van der Waals surface area contributed by atoms with Crippen LogP contribution in [0.2, 0.25) is 0 Å². The maximum atomic E-state index is 11.2. The van der Waals surface area contributed by atoms with Gasteiger partial charge in [0.2, 0.25) is 0 Å². The Morgan fingerprint density at radius 3 is 2.62 bits per heavy atom. The summed E-state index contributed by atoms with van der Waals surface area (Å²) in [5.41, 5.74) is 1.60. The van der Waals surface area contributed by atoms with E-state index >= 15 is 0 Å². The minimum atomic E-state index is 0.0497. The largest absolute Gasteiger partial charge is 0.495 e. The van der Waals surface area contributed by atoms with Gasteiger partial charge in [-0.25, -0.2) is 0 Å². The van der Waals surface area contributed by atoms with Crippen molar-refractivity contribution in [2.75, 3.05) is 19.0 Å². The van der Waals surface area contributed by atoms with E-state index in [1.54, 1.807) is 20.1 Å². The number of nitrogens with one attached hydrogen (secondary N) is 1. The summed E-state index contributed by atoms with van der Waals surface area (Å²) in [4.78, 5) is 11.2. The van der Waals surface area contributed by atoms with Crippen LogP contribution in [0.5, 0.6) is 5.75 Å². The van der Waals surface area contributed by atoms with E-state index in [0.29, 0.717) is 17.2 Å².